The molecule has 0 fully saturated rings. The molecule has 0 saturated heterocycles. The molecular weight excluding hydrogens is 440 g/mol. The average molecular weight is 460 g/mol. The Balaban J connectivity index is 1.64. The second kappa shape index (κ2) is 9.02. The molecule has 3 N–H and O–H groups in total. The number of ketones is 1. The normalized spacial score (nSPS) is 10.9. The van der Waals surface area contributed by atoms with E-state index in [1.165, 1.54) is 7.05 Å². The van der Waals surface area contributed by atoms with Gasteiger partial charge in [0.15, 0.2) is 6.61 Å². The van der Waals surface area contributed by atoms with Crippen molar-refractivity contribution in [3.63, 3.8) is 0 Å². The number of ether oxygens (including phenoxy) is 1. The smallest absolute Gasteiger partial charge is 0.339 e. The van der Waals surface area contributed by atoms with Crippen LogP contribution in [0.2, 0.25) is 0 Å². The maximum atomic E-state index is 12.9. The summed E-state index contributed by atoms with van der Waals surface area (Å²) >= 11 is 0. The molecule has 0 saturated carbocycles. The number of nitrogens with one attached hydrogen (secondary N) is 1. The summed E-state index contributed by atoms with van der Waals surface area (Å²) in [6, 6.07) is 16.6. The lowest BCUT2D eigenvalue weighted by Gasteiger charge is -2.15. The first-order valence-corrected chi connectivity index (χ1v) is 10.2. The number of nitrogens with zero attached hydrogens (tertiary/aromatic N) is 2. The van der Waals surface area contributed by atoms with Gasteiger partial charge in [0.05, 0.1) is 12.1 Å². The third-order valence-corrected chi connectivity index (χ3v) is 5.35. The fraction of sp³-hybridized carbons (Fsp3) is 0.125. The number of nitrogen functional groups attached to an aromatic ring is 1. The number of carbonyl (C=O) groups is 2. The van der Waals surface area contributed by atoms with E-state index in [4.69, 9.17) is 10.5 Å². The average Bonchev–Trinajstić information content (AvgIpc) is 2.84. The molecule has 0 aliphatic rings. The molecule has 10 heteroatoms. The Morgan fingerprint density at radius 2 is 1.68 bits per heavy atom. The number of pyridine rings is 1. The van der Waals surface area contributed by atoms with Crippen LogP contribution in [0.4, 0.5) is 5.82 Å². The Hall–Kier alpha value is -4.73. The van der Waals surface area contributed by atoms with Crippen LogP contribution in [-0.2, 0) is 18.3 Å². The van der Waals surface area contributed by atoms with Crippen LogP contribution in [-0.4, -0.2) is 32.5 Å². The fourth-order valence-corrected chi connectivity index (χ4v) is 3.62. The molecule has 10 nitrogen and oxygen atoms in total. The van der Waals surface area contributed by atoms with Crippen LogP contribution in [0.5, 0.6) is 0 Å². The van der Waals surface area contributed by atoms with Crippen LogP contribution in [0.3, 0.4) is 0 Å². The van der Waals surface area contributed by atoms with Crippen molar-refractivity contribution in [2.24, 2.45) is 7.05 Å². The van der Waals surface area contributed by atoms with E-state index in [0.717, 1.165) is 20.8 Å². The number of hydrogen-bond acceptors (Lipinski definition) is 7. The molecule has 2 aromatic heterocycles. The van der Waals surface area contributed by atoms with Gasteiger partial charge in [-0.1, -0.05) is 48.5 Å². The first kappa shape index (κ1) is 22.5. The molecule has 2 aromatic carbocycles. The predicted molar refractivity (Wildman–Crippen MR) is 125 cm³/mol. The quantitative estimate of drug-likeness (QED) is 0.323. The lowest BCUT2D eigenvalue weighted by Crippen LogP contribution is -2.43. The number of H-pyrrole nitrogens is 1. The molecule has 172 valence electrons. The monoisotopic (exact) mass is 460 g/mol. The van der Waals surface area contributed by atoms with Gasteiger partial charge >= 0.3 is 11.7 Å². The Morgan fingerprint density at radius 1 is 1.00 bits per heavy atom. The first-order valence-electron chi connectivity index (χ1n) is 10.2. The van der Waals surface area contributed by atoms with Gasteiger partial charge < -0.3 is 15.5 Å². The standard InChI is InChI=1S/C24H20N4O6/c1-27-22(31)20(21(25)28(24(27)33)12-14-7-3-2-4-8-14)18(29)13-34-23(32)16-11-19(30)26-17-10-6-5-9-15(16)17/h2-11H,12-13,25H2,1H3,(H,26,30). The van der Waals surface area contributed by atoms with Crippen molar-refractivity contribution in [2.45, 2.75) is 6.54 Å². The van der Waals surface area contributed by atoms with Crippen LogP contribution >= 0.6 is 0 Å². The maximum absolute atomic E-state index is 12.9. The number of benzene rings is 2. The highest BCUT2D eigenvalue weighted by molar-refractivity contribution is 6.05. The molecule has 0 bridgehead atoms. The maximum Gasteiger partial charge on any atom is 0.339 e. The molecule has 0 aliphatic carbocycles. The molecular formula is C24H20N4O6. The van der Waals surface area contributed by atoms with E-state index in [-0.39, 0.29) is 17.9 Å². The van der Waals surface area contributed by atoms with Gasteiger partial charge in [-0.25, -0.2) is 9.59 Å². The number of rotatable bonds is 6. The predicted octanol–water partition coefficient (Wildman–Crippen LogP) is 1.06. The molecule has 4 aromatic rings. The first-order chi connectivity index (χ1) is 16.3. The zero-order valence-corrected chi connectivity index (χ0v) is 18.1. The number of esters is 1. The fourth-order valence-electron chi connectivity index (χ4n) is 3.62. The van der Waals surface area contributed by atoms with Crippen LogP contribution in [0.15, 0.2) is 75.0 Å². The summed E-state index contributed by atoms with van der Waals surface area (Å²) < 4.78 is 7.00. The van der Waals surface area contributed by atoms with Gasteiger partial charge in [-0.15, -0.1) is 0 Å². The second-order valence-corrected chi connectivity index (χ2v) is 7.57. The largest absolute Gasteiger partial charge is 0.454 e. The molecule has 0 radical (unpaired) electrons. The van der Waals surface area contributed by atoms with E-state index in [9.17, 15) is 24.0 Å². The lowest BCUT2D eigenvalue weighted by atomic mass is 10.1. The summed E-state index contributed by atoms with van der Waals surface area (Å²) in [5.74, 6) is -2.11. The van der Waals surface area contributed by atoms with Crippen molar-refractivity contribution in [1.82, 2.24) is 14.1 Å². The minimum Gasteiger partial charge on any atom is -0.454 e. The topological polar surface area (TPSA) is 146 Å². The van der Waals surface area contributed by atoms with Crippen molar-refractivity contribution >= 4 is 28.5 Å². The summed E-state index contributed by atoms with van der Waals surface area (Å²) in [7, 11) is 1.23. The summed E-state index contributed by atoms with van der Waals surface area (Å²) in [5, 5.41) is 0.436. The van der Waals surface area contributed by atoms with Crippen molar-refractivity contribution < 1.29 is 14.3 Å². The van der Waals surface area contributed by atoms with Crippen LogP contribution < -0.4 is 22.5 Å². The van der Waals surface area contributed by atoms with Gasteiger partial charge in [0.25, 0.3) is 5.56 Å². The number of fused-ring (bicyclic) bond motifs is 1. The number of Topliss-reactive ketones (excluding diaryl/α,β-unsaturated/α-hetero) is 1. The third kappa shape index (κ3) is 4.16. The van der Waals surface area contributed by atoms with E-state index < -0.39 is 40.7 Å². The van der Waals surface area contributed by atoms with Crippen molar-refractivity contribution in [2.75, 3.05) is 12.3 Å². The summed E-state index contributed by atoms with van der Waals surface area (Å²) in [6.07, 6.45) is 0. The zero-order chi connectivity index (χ0) is 24.4. The molecule has 4 rings (SSSR count). The van der Waals surface area contributed by atoms with Gasteiger partial charge in [0.1, 0.15) is 11.4 Å². The second-order valence-electron chi connectivity index (χ2n) is 7.57. The number of aromatic amines is 1. The summed E-state index contributed by atoms with van der Waals surface area (Å²) in [6.45, 7) is -0.762. The van der Waals surface area contributed by atoms with Crippen molar-refractivity contribution in [3.05, 3.63) is 109 Å². The minimum absolute atomic E-state index is 0.0259. The number of aromatic nitrogens is 3. The molecule has 0 amide bonds. The van der Waals surface area contributed by atoms with E-state index in [2.05, 4.69) is 4.98 Å². The van der Waals surface area contributed by atoms with Crippen LogP contribution in [0, 0.1) is 0 Å². The Morgan fingerprint density at radius 3 is 2.41 bits per heavy atom. The molecule has 0 atom stereocenters. The van der Waals surface area contributed by atoms with Gasteiger partial charge in [-0.05, 0) is 11.6 Å². The number of carbonyl (C=O) groups excluding carboxylic acids is 2. The molecule has 34 heavy (non-hydrogen) atoms. The molecule has 0 aliphatic heterocycles. The van der Waals surface area contributed by atoms with E-state index in [1.807, 2.05) is 6.07 Å². The third-order valence-electron chi connectivity index (χ3n) is 5.35. The van der Waals surface area contributed by atoms with Gasteiger partial charge in [-0.2, -0.15) is 0 Å². The highest BCUT2D eigenvalue weighted by Gasteiger charge is 2.23. The van der Waals surface area contributed by atoms with Gasteiger partial charge in [0.2, 0.25) is 11.3 Å². The highest BCUT2D eigenvalue weighted by Crippen LogP contribution is 2.16. The number of para-hydroxylation sites is 1. The summed E-state index contributed by atoms with van der Waals surface area (Å²) in [4.78, 5) is 65.3. The minimum atomic E-state index is -0.913. The van der Waals surface area contributed by atoms with Crippen LogP contribution in [0.1, 0.15) is 26.3 Å². The van der Waals surface area contributed by atoms with E-state index >= 15 is 0 Å². The Kier molecular flexibility index (Phi) is 5.96. The van der Waals surface area contributed by atoms with Gasteiger partial charge in [0, 0.05) is 24.0 Å². The molecule has 0 unspecified atom stereocenters. The molecule has 2 heterocycles. The lowest BCUT2D eigenvalue weighted by molar-refractivity contribution is 0.0476. The highest BCUT2D eigenvalue weighted by atomic mass is 16.5. The number of nitrogens with two attached hydrogens (primary N) is 1. The zero-order valence-electron chi connectivity index (χ0n) is 18.1. The Labute approximate surface area is 191 Å². The van der Waals surface area contributed by atoms with Gasteiger partial charge in [-0.3, -0.25) is 23.5 Å². The van der Waals surface area contributed by atoms with Crippen molar-refractivity contribution in [1.29, 1.82) is 0 Å². The van der Waals surface area contributed by atoms with Crippen molar-refractivity contribution in [3.8, 4) is 0 Å². The Bertz CT molecular complexity index is 1600. The number of anilines is 1. The van der Waals surface area contributed by atoms with E-state index in [0.29, 0.717) is 10.9 Å². The summed E-state index contributed by atoms with van der Waals surface area (Å²) in [5.41, 5.74) is 4.65. The number of hydrogen-bond donors (Lipinski definition) is 2. The SMILES string of the molecule is Cn1c(=O)c(C(=O)COC(=O)c2cc(=O)[nH]c3ccccc23)c(N)n(Cc2ccccc2)c1=O. The molecule has 0 spiro atoms. The van der Waals surface area contributed by atoms with E-state index in [1.54, 1.807) is 48.5 Å². The van der Waals surface area contributed by atoms with Crippen LogP contribution in [0.25, 0.3) is 10.9 Å².